The van der Waals surface area contributed by atoms with Gasteiger partial charge in [0.25, 0.3) is 0 Å². The van der Waals surface area contributed by atoms with Gasteiger partial charge < -0.3 is 5.32 Å². The van der Waals surface area contributed by atoms with Crippen molar-refractivity contribution in [2.75, 3.05) is 6.26 Å². The van der Waals surface area contributed by atoms with Gasteiger partial charge in [-0.1, -0.05) is 12.1 Å². The number of amides is 1. The Morgan fingerprint density at radius 3 is 2.57 bits per heavy atom. The van der Waals surface area contributed by atoms with Crippen LogP contribution in [-0.2, 0) is 4.79 Å². The number of rotatable bonds is 2. The summed E-state index contributed by atoms with van der Waals surface area (Å²) in [6.45, 7) is 0. The first-order valence-corrected chi connectivity index (χ1v) is 5.95. The van der Waals surface area contributed by atoms with Crippen LogP contribution in [0.15, 0.2) is 29.2 Å². The van der Waals surface area contributed by atoms with Gasteiger partial charge in [-0.25, -0.2) is 0 Å². The topological polar surface area (TPSA) is 29.1 Å². The van der Waals surface area contributed by atoms with Gasteiger partial charge in [0, 0.05) is 11.3 Å². The van der Waals surface area contributed by atoms with Gasteiger partial charge in [-0.2, -0.15) is 0 Å². The van der Waals surface area contributed by atoms with E-state index in [9.17, 15) is 4.79 Å². The number of nitrogens with one attached hydrogen (secondary N) is 1. The highest BCUT2D eigenvalue weighted by atomic mass is 32.2. The first-order chi connectivity index (χ1) is 6.79. The van der Waals surface area contributed by atoms with E-state index in [1.54, 1.807) is 11.8 Å². The van der Waals surface area contributed by atoms with Crippen molar-refractivity contribution >= 4 is 17.7 Å². The van der Waals surface area contributed by atoms with Crippen molar-refractivity contribution < 1.29 is 4.79 Å². The van der Waals surface area contributed by atoms with Crippen molar-refractivity contribution in [2.24, 2.45) is 0 Å². The fourth-order valence-corrected chi connectivity index (χ4v) is 2.11. The van der Waals surface area contributed by atoms with Crippen LogP contribution in [0.2, 0.25) is 0 Å². The van der Waals surface area contributed by atoms with Crippen molar-refractivity contribution in [2.45, 2.75) is 23.8 Å². The van der Waals surface area contributed by atoms with E-state index in [2.05, 4.69) is 35.8 Å². The lowest BCUT2D eigenvalue weighted by atomic mass is 10.1. The van der Waals surface area contributed by atoms with Crippen molar-refractivity contribution in [1.82, 2.24) is 5.32 Å². The highest BCUT2D eigenvalue weighted by Gasteiger charge is 2.21. The monoisotopic (exact) mass is 207 g/mol. The second-order valence-electron chi connectivity index (χ2n) is 3.43. The van der Waals surface area contributed by atoms with Gasteiger partial charge in [0.2, 0.25) is 5.91 Å². The summed E-state index contributed by atoms with van der Waals surface area (Å²) in [4.78, 5) is 12.3. The van der Waals surface area contributed by atoms with E-state index >= 15 is 0 Å². The fourth-order valence-electron chi connectivity index (χ4n) is 1.70. The largest absolute Gasteiger partial charge is 0.349 e. The van der Waals surface area contributed by atoms with Crippen LogP contribution >= 0.6 is 11.8 Å². The molecule has 0 radical (unpaired) electrons. The van der Waals surface area contributed by atoms with Crippen molar-refractivity contribution in [3.05, 3.63) is 29.8 Å². The van der Waals surface area contributed by atoms with Gasteiger partial charge >= 0.3 is 0 Å². The maximum absolute atomic E-state index is 11.0. The molecule has 1 aromatic carbocycles. The Labute approximate surface area is 88.1 Å². The van der Waals surface area contributed by atoms with Crippen LogP contribution < -0.4 is 5.32 Å². The summed E-state index contributed by atoms with van der Waals surface area (Å²) < 4.78 is 0. The smallest absolute Gasteiger partial charge is 0.220 e. The molecule has 1 N–H and O–H groups in total. The third-order valence-electron chi connectivity index (χ3n) is 2.51. The SMILES string of the molecule is CSc1ccc(C2CCC(=O)N2)cc1. The third kappa shape index (κ3) is 1.93. The van der Waals surface area contributed by atoms with Gasteiger partial charge in [-0.05, 0) is 30.4 Å². The molecular formula is C11H13NOS. The van der Waals surface area contributed by atoms with Crippen molar-refractivity contribution in [3.8, 4) is 0 Å². The molecule has 14 heavy (non-hydrogen) atoms. The molecule has 3 heteroatoms. The lowest BCUT2D eigenvalue weighted by Crippen LogP contribution is -2.18. The lowest BCUT2D eigenvalue weighted by Gasteiger charge is -2.10. The molecule has 2 rings (SSSR count). The summed E-state index contributed by atoms with van der Waals surface area (Å²) in [5, 5.41) is 2.96. The first-order valence-electron chi connectivity index (χ1n) is 4.73. The van der Waals surface area contributed by atoms with E-state index in [4.69, 9.17) is 0 Å². The van der Waals surface area contributed by atoms with Gasteiger partial charge in [-0.3, -0.25) is 4.79 Å². The van der Waals surface area contributed by atoms with Crippen LogP contribution in [0.5, 0.6) is 0 Å². The molecule has 0 aliphatic carbocycles. The summed E-state index contributed by atoms with van der Waals surface area (Å²) in [6.07, 6.45) is 3.65. The van der Waals surface area contributed by atoms with Gasteiger partial charge in [0.1, 0.15) is 0 Å². The molecule has 1 saturated heterocycles. The summed E-state index contributed by atoms with van der Waals surface area (Å²) in [7, 11) is 0. The van der Waals surface area contributed by atoms with E-state index in [1.165, 1.54) is 10.5 Å². The molecule has 1 atom stereocenters. The Balaban J connectivity index is 2.13. The minimum absolute atomic E-state index is 0.170. The molecule has 1 amide bonds. The molecular weight excluding hydrogens is 194 g/mol. The average molecular weight is 207 g/mol. The molecule has 1 aromatic rings. The van der Waals surface area contributed by atoms with E-state index in [0.29, 0.717) is 6.42 Å². The van der Waals surface area contributed by atoms with Crippen LogP contribution in [0.4, 0.5) is 0 Å². The van der Waals surface area contributed by atoms with Crippen molar-refractivity contribution in [3.63, 3.8) is 0 Å². The van der Waals surface area contributed by atoms with Crippen LogP contribution in [0, 0.1) is 0 Å². The molecule has 0 spiro atoms. The average Bonchev–Trinajstić information content (AvgIpc) is 2.65. The Morgan fingerprint density at radius 1 is 1.36 bits per heavy atom. The van der Waals surface area contributed by atoms with Gasteiger partial charge in [0.05, 0.1) is 6.04 Å². The zero-order chi connectivity index (χ0) is 9.97. The van der Waals surface area contributed by atoms with Gasteiger partial charge in [0.15, 0.2) is 0 Å². The predicted octanol–water partition coefficient (Wildman–Crippen LogP) is 2.36. The molecule has 0 bridgehead atoms. The van der Waals surface area contributed by atoms with Crippen molar-refractivity contribution in [1.29, 1.82) is 0 Å². The molecule has 74 valence electrons. The Bertz CT molecular complexity index is 334. The number of hydrogen-bond donors (Lipinski definition) is 1. The third-order valence-corrected chi connectivity index (χ3v) is 3.26. The normalized spacial score (nSPS) is 20.9. The molecule has 0 aromatic heterocycles. The Kier molecular flexibility index (Phi) is 2.77. The number of benzene rings is 1. The molecule has 1 aliphatic rings. The van der Waals surface area contributed by atoms with E-state index in [1.807, 2.05) is 0 Å². The lowest BCUT2D eigenvalue weighted by molar-refractivity contribution is -0.119. The van der Waals surface area contributed by atoms with Gasteiger partial charge in [-0.15, -0.1) is 11.8 Å². The number of thioether (sulfide) groups is 1. The number of hydrogen-bond acceptors (Lipinski definition) is 2. The number of carbonyl (C=O) groups excluding carboxylic acids is 1. The molecule has 0 saturated carbocycles. The maximum atomic E-state index is 11.0. The van der Waals surface area contributed by atoms with Crippen LogP contribution in [0.25, 0.3) is 0 Å². The predicted molar refractivity (Wildman–Crippen MR) is 58.3 cm³/mol. The maximum Gasteiger partial charge on any atom is 0.220 e. The molecule has 1 heterocycles. The molecule has 1 fully saturated rings. The van der Waals surface area contributed by atoms with E-state index in [-0.39, 0.29) is 11.9 Å². The second kappa shape index (κ2) is 4.05. The second-order valence-corrected chi connectivity index (χ2v) is 4.31. The summed E-state index contributed by atoms with van der Waals surface area (Å²) in [5.41, 5.74) is 1.22. The highest BCUT2D eigenvalue weighted by molar-refractivity contribution is 7.98. The van der Waals surface area contributed by atoms with Crippen LogP contribution in [0.3, 0.4) is 0 Å². The fraction of sp³-hybridized carbons (Fsp3) is 0.364. The van der Waals surface area contributed by atoms with E-state index < -0.39 is 0 Å². The molecule has 1 aliphatic heterocycles. The number of carbonyl (C=O) groups is 1. The minimum Gasteiger partial charge on any atom is -0.349 e. The first kappa shape index (κ1) is 9.59. The summed E-state index contributed by atoms with van der Waals surface area (Å²) >= 11 is 1.73. The molecule has 1 unspecified atom stereocenters. The highest BCUT2D eigenvalue weighted by Crippen LogP contribution is 2.25. The zero-order valence-electron chi connectivity index (χ0n) is 8.12. The van der Waals surface area contributed by atoms with Crippen LogP contribution in [-0.4, -0.2) is 12.2 Å². The molecule has 2 nitrogen and oxygen atoms in total. The summed E-state index contributed by atoms with van der Waals surface area (Å²) in [6, 6.07) is 8.64. The minimum atomic E-state index is 0.170. The van der Waals surface area contributed by atoms with E-state index in [0.717, 1.165) is 6.42 Å². The quantitative estimate of drug-likeness (QED) is 0.754. The Hall–Kier alpha value is -0.960. The zero-order valence-corrected chi connectivity index (χ0v) is 8.93. The van der Waals surface area contributed by atoms with Crippen LogP contribution in [0.1, 0.15) is 24.4 Å². The summed E-state index contributed by atoms with van der Waals surface area (Å²) in [5.74, 6) is 0.170. The standard InChI is InChI=1S/C11H13NOS/c1-14-9-4-2-8(3-5-9)10-6-7-11(13)12-10/h2-5,10H,6-7H2,1H3,(H,12,13). The Morgan fingerprint density at radius 2 is 2.07 bits per heavy atom.